The second-order valence-electron chi connectivity index (χ2n) is 9.33. The fourth-order valence-electron chi connectivity index (χ4n) is 4.44. The van der Waals surface area contributed by atoms with E-state index < -0.39 is 39.6 Å². The molecule has 0 bridgehead atoms. The van der Waals surface area contributed by atoms with Crippen LogP contribution in [0.3, 0.4) is 0 Å². The van der Waals surface area contributed by atoms with Gasteiger partial charge in [-0.15, -0.1) is 0 Å². The van der Waals surface area contributed by atoms with Crippen molar-refractivity contribution in [3.63, 3.8) is 0 Å². The maximum absolute atomic E-state index is 15.5. The van der Waals surface area contributed by atoms with Crippen molar-refractivity contribution in [1.29, 1.82) is 0 Å². The van der Waals surface area contributed by atoms with E-state index in [4.69, 9.17) is 4.74 Å². The third kappa shape index (κ3) is 6.74. The first-order chi connectivity index (χ1) is 17.3. The molecule has 0 aliphatic heterocycles. The lowest BCUT2D eigenvalue weighted by molar-refractivity contribution is -0.138. The van der Waals surface area contributed by atoms with Crippen molar-refractivity contribution < 1.29 is 35.5 Å². The van der Waals surface area contributed by atoms with E-state index in [1.165, 1.54) is 31.6 Å². The number of carbonyl (C=O) groups excluding carboxylic acids is 1. The molecule has 1 fully saturated rings. The molecule has 0 saturated heterocycles. The Morgan fingerprint density at radius 2 is 1.89 bits per heavy atom. The van der Waals surface area contributed by atoms with Crippen molar-refractivity contribution in [3.8, 4) is 11.4 Å². The average Bonchev–Trinajstić information content (AvgIpc) is 3.17. The van der Waals surface area contributed by atoms with Gasteiger partial charge in [0.25, 0.3) is 5.91 Å². The van der Waals surface area contributed by atoms with Crippen LogP contribution in [0.2, 0.25) is 0 Å². The Labute approximate surface area is 213 Å². The van der Waals surface area contributed by atoms with E-state index >= 15 is 4.39 Å². The van der Waals surface area contributed by atoms with Gasteiger partial charge in [0.05, 0.1) is 18.0 Å². The lowest BCUT2D eigenvalue weighted by atomic mass is 9.89. The molecule has 3 rings (SSSR count). The van der Waals surface area contributed by atoms with Gasteiger partial charge >= 0.3 is 6.18 Å². The van der Waals surface area contributed by atoms with Gasteiger partial charge in [-0.05, 0) is 50.7 Å². The maximum atomic E-state index is 15.5. The molecule has 1 heterocycles. The minimum atomic E-state index is -4.45. The van der Waals surface area contributed by atoms with Crippen LogP contribution in [0.25, 0.3) is 5.69 Å². The van der Waals surface area contributed by atoms with Gasteiger partial charge < -0.3 is 15.4 Å². The van der Waals surface area contributed by atoms with Gasteiger partial charge in [0.2, 0.25) is 5.95 Å². The number of anilines is 1. The smallest absolute Gasteiger partial charge is 0.408 e. The summed E-state index contributed by atoms with van der Waals surface area (Å²) in [6, 6.07) is 2.28. The van der Waals surface area contributed by atoms with E-state index in [9.17, 15) is 26.4 Å². The number of carbonyl (C=O) groups is 1. The Morgan fingerprint density at radius 3 is 2.43 bits per heavy atom. The Morgan fingerprint density at radius 1 is 1.24 bits per heavy atom. The van der Waals surface area contributed by atoms with Gasteiger partial charge in [-0.1, -0.05) is 6.92 Å². The van der Waals surface area contributed by atoms with E-state index in [0.717, 1.165) is 11.5 Å². The zero-order valence-electron chi connectivity index (χ0n) is 21.2. The first-order valence-electron chi connectivity index (χ1n) is 12.0. The number of alkyl halides is 3. The second kappa shape index (κ2) is 11.3. The van der Waals surface area contributed by atoms with Crippen molar-refractivity contribution in [2.24, 2.45) is 5.92 Å². The van der Waals surface area contributed by atoms with Crippen molar-refractivity contribution >= 4 is 21.4 Å². The fourth-order valence-corrected chi connectivity index (χ4v) is 5.57. The summed E-state index contributed by atoms with van der Waals surface area (Å²) in [6.07, 6.45) is -0.629. The maximum Gasteiger partial charge on any atom is 0.408 e. The number of hydrogen-bond acceptors (Lipinski definition) is 6. The number of methoxy groups -OCH3 is 1. The van der Waals surface area contributed by atoms with Crippen LogP contribution in [0.15, 0.2) is 18.2 Å². The Kier molecular flexibility index (Phi) is 8.76. The zero-order chi connectivity index (χ0) is 27.5. The van der Waals surface area contributed by atoms with Crippen LogP contribution in [0, 0.1) is 11.9 Å². The number of aryl methyl sites for hydroxylation is 1. The highest BCUT2D eigenvalue weighted by atomic mass is 32.2. The zero-order valence-corrected chi connectivity index (χ0v) is 22.0. The van der Waals surface area contributed by atoms with Crippen LogP contribution in [-0.2, 0) is 16.3 Å². The molecule has 0 spiro atoms. The minimum absolute atomic E-state index is 0.0805. The van der Waals surface area contributed by atoms with Crippen LogP contribution in [0.4, 0.5) is 23.2 Å². The lowest BCUT2D eigenvalue weighted by Crippen LogP contribution is -2.34. The van der Waals surface area contributed by atoms with E-state index in [0.29, 0.717) is 25.7 Å². The van der Waals surface area contributed by atoms with Crippen LogP contribution in [0.1, 0.15) is 55.8 Å². The first kappa shape index (κ1) is 28.7. The van der Waals surface area contributed by atoms with Gasteiger partial charge in [0.1, 0.15) is 27.5 Å². The van der Waals surface area contributed by atoms with E-state index in [1.54, 1.807) is 6.92 Å². The van der Waals surface area contributed by atoms with Crippen molar-refractivity contribution in [2.75, 3.05) is 25.2 Å². The molecule has 1 aromatic heterocycles. The highest BCUT2D eigenvalue weighted by molar-refractivity contribution is 7.91. The summed E-state index contributed by atoms with van der Waals surface area (Å²) < 4.78 is 84.1. The monoisotopic (exact) mass is 548 g/mol. The number of imidazole rings is 1. The molecule has 13 heteroatoms. The summed E-state index contributed by atoms with van der Waals surface area (Å²) in [5.74, 6) is -1.21. The van der Waals surface area contributed by atoms with Crippen LogP contribution in [0.5, 0.6) is 5.75 Å². The van der Waals surface area contributed by atoms with Crippen LogP contribution in [-0.4, -0.2) is 61.3 Å². The summed E-state index contributed by atoms with van der Waals surface area (Å²) >= 11 is 0. The van der Waals surface area contributed by atoms with E-state index in [1.807, 2.05) is 0 Å². The summed E-state index contributed by atoms with van der Waals surface area (Å²) in [5.41, 5.74) is -0.0862. The number of sulfone groups is 1. The van der Waals surface area contributed by atoms with Gasteiger partial charge in [-0.3, -0.25) is 9.36 Å². The van der Waals surface area contributed by atoms with Gasteiger partial charge in [-0.2, -0.15) is 17.6 Å². The second-order valence-corrected chi connectivity index (χ2v) is 11.7. The Bertz CT molecular complexity index is 1220. The number of hydrogen-bond donors (Lipinski definition) is 2. The highest BCUT2D eigenvalue weighted by Gasteiger charge is 2.36. The van der Waals surface area contributed by atoms with E-state index in [2.05, 4.69) is 15.6 Å². The molecule has 2 aromatic rings. The molecular formula is C24H32F4N4O4S. The molecule has 0 radical (unpaired) electrons. The van der Waals surface area contributed by atoms with Gasteiger partial charge in [0.15, 0.2) is 5.69 Å². The molecule has 1 aliphatic carbocycles. The van der Waals surface area contributed by atoms with Crippen LogP contribution < -0.4 is 15.4 Å². The summed E-state index contributed by atoms with van der Waals surface area (Å²) in [6.45, 7) is 2.98. The normalized spacial score (nSPS) is 19.4. The molecule has 1 aliphatic rings. The third-order valence-electron chi connectivity index (χ3n) is 6.67. The third-order valence-corrected chi connectivity index (χ3v) is 8.35. The molecule has 0 unspecified atom stereocenters. The molecule has 1 atom stereocenters. The van der Waals surface area contributed by atoms with Crippen LogP contribution >= 0.6 is 0 Å². The summed E-state index contributed by atoms with van der Waals surface area (Å²) in [7, 11) is -1.79. The molecule has 1 saturated carbocycles. The number of halogens is 4. The number of ether oxygens (including phenoxy) is 1. The van der Waals surface area contributed by atoms with Crippen molar-refractivity contribution in [2.45, 2.75) is 63.4 Å². The molecule has 8 nitrogen and oxygen atoms in total. The lowest BCUT2D eigenvalue weighted by Gasteiger charge is -2.27. The topological polar surface area (TPSA) is 102 Å². The Balaban J connectivity index is 1.78. The number of benzene rings is 1. The largest absolute Gasteiger partial charge is 0.494 e. The molecule has 1 amide bonds. The standard InChI is InChI=1S/C24H32F4N4O4S/c1-5-20-31-21(23(33)29-13-15-6-9-17(10-7-15)37(4,34)35)22(25)32(20)18-11-8-16(12-19(18)36-3)30-14(2)24(26,27)28/h8,11-12,14-15,17,30H,5-7,9-10,13H2,1-4H3,(H,29,33)/t14-,15?,17?/m1/s1. The molecular weight excluding hydrogens is 516 g/mol. The number of amides is 1. The number of nitrogens with zero attached hydrogens (tertiary/aromatic N) is 2. The molecule has 2 N–H and O–H groups in total. The number of nitrogens with one attached hydrogen (secondary N) is 2. The molecule has 1 aromatic carbocycles. The SMILES string of the molecule is CCc1nc(C(=O)NCC2CCC(S(C)(=O)=O)CC2)c(F)n1-c1ccc(N[C@H](C)C(F)(F)F)cc1OC. The molecule has 206 valence electrons. The average molecular weight is 549 g/mol. The predicted molar refractivity (Wildman–Crippen MR) is 132 cm³/mol. The van der Waals surface area contributed by atoms with Crippen molar-refractivity contribution in [3.05, 3.63) is 35.7 Å². The fraction of sp³-hybridized carbons (Fsp3) is 0.583. The predicted octanol–water partition coefficient (Wildman–Crippen LogP) is 4.28. The van der Waals surface area contributed by atoms with Gasteiger partial charge in [-0.25, -0.2) is 13.4 Å². The molecule has 37 heavy (non-hydrogen) atoms. The Hall–Kier alpha value is -2.83. The van der Waals surface area contributed by atoms with E-state index in [-0.39, 0.29) is 47.1 Å². The quantitative estimate of drug-likeness (QED) is 0.454. The highest BCUT2D eigenvalue weighted by Crippen LogP contribution is 2.32. The summed E-state index contributed by atoms with van der Waals surface area (Å²) in [5, 5.41) is 4.67. The summed E-state index contributed by atoms with van der Waals surface area (Å²) in [4.78, 5) is 17.0. The number of rotatable bonds is 9. The first-order valence-corrected chi connectivity index (χ1v) is 14.0. The van der Waals surface area contributed by atoms with Crippen molar-refractivity contribution in [1.82, 2.24) is 14.9 Å². The number of aromatic nitrogens is 2. The minimum Gasteiger partial charge on any atom is -0.494 e. The van der Waals surface area contributed by atoms with Gasteiger partial charge in [0, 0.05) is 31.0 Å².